The Balaban J connectivity index is 2.71. The molecule has 0 saturated heterocycles. The Morgan fingerprint density at radius 3 is 2.50 bits per heavy atom. The molecule has 1 aliphatic carbocycles. The van der Waals surface area contributed by atoms with Gasteiger partial charge in [-0.15, -0.1) is 0 Å². The van der Waals surface area contributed by atoms with Gasteiger partial charge in [0.15, 0.2) is 5.83 Å². The van der Waals surface area contributed by atoms with Crippen LogP contribution in [0.25, 0.3) is 0 Å². The third-order valence-corrected chi connectivity index (χ3v) is 1.56. The number of hydrogen-bond donors (Lipinski definition) is 0. The number of alkyl halides is 2. The topological polar surface area (TPSA) is 17.1 Å². The maximum atomic E-state index is 12.3. The predicted octanol–water partition coefficient (Wildman–Crippen LogP) is 2.57. The highest BCUT2D eigenvalue weighted by molar-refractivity contribution is 6.66. The lowest BCUT2D eigenvalue weighted by atomic mass is 9.92. The largest absolute Gasteiger partial charge is 0.303 e. The van der Waals surface area contributed by atoms with Crippen LogP contribution in [0, 0.1) is 0 Å². The van der Waals surface area contributed by atoms with Crippen LogP contribution >= 0.6 is 11.6 Å². The molecule has 0 aromatic heterocycles. The molecule has 66 valence electrons. The summed E-state index contributed by atoms with van der Waals surface area (Å²) in [4.78, 5) is 10.1. The minimum atomic E-state index is -3.35. The number of halogens is 4. The SMILES string of the molecule is O=C(Cl)C=CC1=C(F)C(F)(F)C1. The zero-order chi connectivity index (χ0) is 9.35. The summed E-state index contributed by atoms with van der Waals surface area (Å²) >= 11 is 4.86. The molecule has 0 atom stereocenters. The van der Waals surface area contributed by atoms with Gasteiger partial charge in [-0.25, -0.2) is 4.39 Å². The molecule has 0 fully saturated rings. The molecule has 5 heteroatoms. The third kappa shape index (κ3) is 1.69. The molecule has 0 saturated carbocycles. The molecule has 1 nitrogen and oxygen atoms in total. The van der Waals surface area contributed by atoms with Crippen molar-refractivity contribution < 1.29 is 18.0 Å². The van der Waals surface area contributed by atoms with Crippen LogP contribution in [0.15, 0.2) is 23.6 Å². The van der Waals surface area contributed by atoms with Crippen LogP contribution in [0.2, 0.25) is 0 Å². The molecular weight excluding hydrogens is 193 g/mol. The van der Waals surface area contributed by atoms with Crippen LogP contribution < -0.4 is 0 Å². The average Bonchev–Trinajstić information content (AvgIpc) is 1.97. The molecule has 0 radical (unpaired) electrons. The van der Waals surface area contributed by atoms with E-state index in [0.29, 0.717) is 0 Å². The first-order valence-corrected chi connectivity index (χ1v) is 3.46. The van der Waals surface area contributed by atoms with Gasteiger partial charge in [0.05, 0.1) is 0 Å². The fourth-order valence-electron chi connectivity index (χ4n) is 0.821. The Bertz CT molecular complexity index is 280. The fraction of sp³-hybridized carbons (Fsp3) is 0.286. The van der Waals surface area contributed by atoms with Crippen molar-refractivity contribution in [3.63, 3.8) is 0 Å². The maximum absolute atomic E-state index is 12.3. The van der Waals surface area contributed by atoms with Crippen molar-refractivity contribution in [2.24, 2.45) is 0 Å². The van der Waals surface area contributed by atoms with Crippen molar-refractivity contribution in [2.75, 3.05) is 0 Å². The van der Waals surface area contributed by atoms with Crippen LogP contribution in [0.3, 0.4) is 0 Å². The van der Waals surface area contributed by atoms with E-state index in [-0.39, 0.29) is 5.57 Å². The standard InChI is InChI=1S/C7H4ClF3O/c8-5(12)2-1-4-3-7(10,11)6(4)9/h1-2H,3H2. The van der Waals surface area contributed by atoms with E-state index in [9.17, 15) is 18.0 Å². The molecule has 0 amide bonds. The molecule has 0 aliphatic heterocycles. The molecule has 1 rings (SSSR count). The van der Waals surface area contributed by atoms with E-state index in [1.54, 1.807) is 0 Å². The zero-order valence-corrected chi connectivity index (χ0v) is 6.54. The Labute approximate surface area is 71.5 Å². The molecule has 0 unspecified atom stereocenters. The van der Waals surface area contributed by atoms with E-state index in [1.165, 1.54) is 0 Å². The first-order chi connectivity index (χ1) is 5.43. The summed E-state index contributed by atoms with van der Waals surface area (Å²) < 4.78 is 36.6. The van der Waals surface area contributed by atoms with Crippen LogP contribution in [0.1, 0.15) is 6.42 Å². The Hall–Kier alpha value is -0.770. The van der Waals surface area contributed by atoms with E-state index < -0.39 is 23.4 Å². The Morgan fingerprint density at radius 2 is 2.17 bits per heavy atom. The summed E-state index contributed by atoms with van der Waals surface area (Å²) in [5.74, 6) is -4.83. The van der Waals surface area contributed by atoms with Crippen LogP contribution in [0.5, 0.6) is 0 Å². The van der Waals surface area contributed by atoms with Crippen molar-refractivity contribution in [3.05, 3.63) is 23.6 Å². The van der Waals surface area contributed by atoms with E-state index in [2.05, 4.69) is 0 Å². The Morgan fingerprint density at radius 1 is 1.58 bits per heavy atom. The summed E-state index contributed by atoms with van der Waals surface area (Å²) in [6.07, 6.45) is 1.13. The second kappa shape index (κ2) is 2.94. The molecule has 0 heterocycles. The molecule has 12 heavy (non-hydrogen) atoms. The quantitative estimate of drug-likeness (QED) is 0.490. The molecule has 0 bridgehead atoms. The van der Waals surface area contributed by atoms with Gasteiger partial charge >= 0.3 is 5.92 Å². The molecule has 0 aromatic rings. The van der Waals surface area contributed by atoms with Crippen molar-refractivity contribution in [1.29, 1.82) is 0 Å². The average molecular weight is 197 g/mol. The summed E-state index contributed by atoms with van der Waals surface area (Å²) in [5, 5.41) is -0.814. The van der Waals surface area contributed by atoms with Crippen LogP contribution in [-0.4, -0.2) is 11.2 Å². The second-order valence-corrected chi connectivity index (χ2v) is 2.73. The number of carbonyl (C=O) groups is 1. The maximum Gasteiger partial charge on any atom is 0.303 e. The van der Waals surface area contributed by atoms with Crippen molar-refractivity contribution in [3.8, 4) is 0 Å². The summed E-state index contributed by atoms with van der Waals surface area (Å²) in [6.45, 7) is 0. The van der Waals surface area contributed by atoms with Gasteiger partial charge in [-0.1, -0.05) is 6.08 Å². The van der Waals surface area contributed by atoms with Crippen molar-refractivity contribution >= 4 is 16.8 Å². The molecular formula is C7H4ClF3O. The predicted molar refractivity (Wildman–Crippen MR) is 37.7 cm³/mol. The molecule has 0 spiro atoms. The summed E-state index contributed by atoms with van der Waals surface area (Å²) in [5.41, 5.74) is -0.172. The van der Waals surface area contributed by atoms with E-state index in [1.807, 2.05) is 0 Å². The molecule has 0 aromatic carbocycles. The third-order valence-electron chi connectivity index (χ3n) is 1.43. The Kier molecular flexibility index (Phi) is 2.28. The highest BCUT2D eigenvalue weighted by atomic mass is 35.5. The smallest absolute Gasteiger partial charge is 0.276 e. The van der Waals surface area contributed by atoms with Gasteiger partial charge in [-0.2, -0.15) is 8.78 Å². The van der Waals surface area contributed by atoms with Crippen molar-refractivity contribution in [1.82, 2.24) is 0 Å². The van der Waals surface area contributed by atoms with E-state index >= 15 is 0 Å². The van der Waals surface area contributed by atoms with Gasteiger partial charge < -0.3 is 0 Å². The number of rotatable bonds is 2. The van der Waals surface area contributed by atoms with Crippen molar-refractivity contribution in [2.45, 2.75) is 12.3 Å². The second-order valence-electron chi connectivity index (χ2n) is 2.36. The molecule has 0 N–H and O–H groups in total. The lowest BCUT2D eigenvalue weighted by Crippen LogP contribution is -2.28. The number of allylic oxidation sites excluding steroid dienone is 4. The molecule has 1 aliphatic rings. The fourth-order valence-corrected chi connectivity index (χ4v) is 0.884. The normalized spacial score (nSPS) is 21.3. The van der Waals surface area contributed by atoms with Gasteiger partial charge in [0.1, 0.15) is 0 Å². The number of hydrogen-bond acceptors (Lipinski definition) is 1. The van der Waals surface area contributed by atoms with Gasteiger partial charge in [0, 0.05) is 6.42 Å². The number of carbonyl (C=O) groups excluding carboxylic acids is 1. The highest BCUT2D eigenvalue weighted by Crippen LogP contribution is 2.44. The monoisotopic (exact) mass is 196 g/mol. The van der Waals surface area contributed by atoms with Gasteiger partial charge in [-0.05, 0) is 23.3 Å². The van der Waals surface area contributed by atoms with E-state index in [0.717, 1.165) is 12.2 Å². The minimum Gasteiger partial charge on any atom is -0.276 e. The van der Waals surface area contributed by atoms with Gasteiger partial charge in [0.2, 0.25) is 5.24 Å². The minimum absolute atomic E-state index is 0.172. The summed E-state index contributed by atoms with van der Waals surface area (Å²) in [6, 6.07) is 0. The van der Waals surface area contributed by atoms with E-state index in [4.69, 9.17) is 11.6 Å². The van der Waals surface area contributed by atoms with Crippen LogP contribution in [0.4, 0.5) is 13.2 Å². The highest BCUT2D eigenvalue weighted by Gasteiger charge is 2.46. The van der Waals surface area contributed by atoms with Gasteiger partial charge in [-0.3, -0.25) is 4.79 Å². The van der Waals surface area contributed by atoms with Gasteiger partial charge in [0.25, 0.3) is 0 Å². The summed E-state index contributed by atoms with van der Waals surface area (Å²) in [7, 11) is 0. The lowest BCUT2D eigenvalue weighted by Gasteiger charge is -2.25. The van der Waals surface area contributed by atoms with Crippen LogP contribution in [-0.2, 0) is 4.79 Å². The first-order valence-electron chi connectivity index (χ1n) is 3.08. The zero-order valence-electron chi connectivity index (χ0n) is 5.78. The first kappa shape index (κ1) is 9.32. The lowest BCUT2D eigenvalue weighted by molar-refractivity contribution is -0.107.